The zero-order valence-electron chi connectivity index (χ0n) is 16.5. The molecule has 1 N–H and O–H groups in total. The van der Waals surface area contributed by atoms with E-state index < -0.39 is 0 Å². The topological polar surface area (TPSA) is 33.7 Å². The van der Waals surface area contributed by atoms with Crippen molar-refractivity contribution in [3.05, 3.63) is 88.7 Å². The van der Waals surface area contributed by atoms with E-state index in [9.17, 15) is 4.39 Å². The Morgan fingerprint density at radius 1 is 0.931 bits per heavy atom. The Bertz CT molecular complexity index is 1050. The van der Waals surface area contributed by atoms with Crippen LogP contribution in [0.15, 0.2) is 60.7 Å². The lowest BCUT2D eigenvalue weighted by atomic mass is 9.84. The number of ether oxygens (including phenoxy) is 2. The van der Waals surface area contributed by atoms with Crippen LogP contribution < -0.4 is 14.8 Å². The molecule has 5 heteroatoms. The third kappa shape index (κ3) is 2.93. The van der Waals surface area contributed by atoms with Crippen LogP contribution in [0.4, 0.5) is 10.1 Å². The molecule has 0 amide bonds. The summed E-state index contributed by atoms with van der Waals surface area (Å²) in [5, 5.41) is 3.66. The van der Waals surface area contributed by atoms with Crippen LogP contribution >= 0.6 is 0 Å². The summed E-state index contributed by atoms with van der Waals surface area (Å²) in [5.41, 5.74) is 5.90. The van der Waals surface area contributed by atoms with Crippen LogP contribution in [-0.2, 0) is 6.42 Å². The minimum atomic E-state index is -0.220. The van der Waals surface area contributed by atoms with E-state index >= 15 is 0 Å². The summed E-state index contributed by atoms with van der Waals surface area (Å²) in [4.78, 5) is 2.45. The van der Waals surface area contributed by atoms with Crippen LogP contribution in [0, 0.1) is 5.82 Å². The van der Waals surface area contributed by atoms with E-state index in [0.29, 0.717) is 0 Å². The van der Waals surface area contributed by atoms with Crippen molar-refractivity contribution in [2.75, 3.05) is 26.1 Å². The van der Waals surface area contributed by atoms with Crippen molar-refractivity contribution in [3.63, 3.8) is 0 Å². The molecule has 0 bridgehead atoms. The zero-order valence-corrected chi connectivity index (χ0v) is 16.5. The molecule has 0 unspecified atom stereocenters. The Labute approximate surface area is 169 Å². The number of nitrogens with one attached hydrogen (secondary N) is 1. The minimum absolute atomic E-state index is 0.0308. The first-order chi connectivity index (χ1) is 14.2. The van der Waals surface area contributed by atoms with Crippen molar-refractivity contribution >= 4 is 5.69 Å². The van der Waals surface area contributed by atoms with Gasteiger partial charge >= 0.3 is 0 Å². The van der Waals surface area contributed by atoms with E-state index in [4.69, 9.17) is 9.47 Å². The molecule has 3 aromatic rings. The predicted octanol–water partition coefficient (Wildman–Crippen LogP) is 4.91. The number of nitrogens with zero attached hydrogens (tertiary/aromatic N) is 1. The molecular weight excluding hydrogens is 367 g/mol. The van der Waals surface area contributed by atoms with Crippen LogP contribution in [0.25, 0.3) is 0 Å². The maximum absolute atomic E-state index is 13.5. The van der Waals surface area contributed by atoms with Gasteiger partial charge in [-0.25, -0.2) is 4.39 Å². The summed E-state index contributed by atoms with van der Waals surface area (Å²) in [5.74, 6) is 1.28. The van der Waals surface area contributed by atoms with Gasteiger partial charge in [0.2, 0.25) is 0 Å². The molecule has 2 aliphatic rings. The Morgan fingerprint density at radius 3 is 2.41 bits per heavy atom. The molecule has 3 aromatic carbocycles. The number of para-hydroxylation sites is 1. The molecule has 2 atom stereocenters. The van der Waals surface area contributed by atoms with Gasteiger partial charge in [-0.2, -0.15) is 0 Å². The van der Waals surface area contributed by atoms with Gasteiger partial charge in [-0.1, -0.05) is 30.3 Å². The van der Waals surface area contributed by atoms with Crippen molar-refractivity contribution in [2.45, 2.75) is 18.6 Å². The van der Waals surface area contributed by atoms with Crippen molar-refractivity contribution in [2.24, 2.45) is 0 Å². The Balaban J connectivity index is 1.67. The Hall–Kier alpha value is -3.05. The summed E-state index contributed by atoms with van der Waals surface area (Å²) in [6.45, 7) is 0.885. The molecule has 0 saturated carbocycles. The number of halogens is 1. The molecule has 0 saturated heterocycles. The molecule has 0 aliphatic carbocycles. The summed E-state index contributed by atoms with van der Waals surface area (Å²) < 4.78 is 24.6. The van der Waals surface area contributed by atoms with E-state index in [2.05, 4.69) is 40.5 Å². The Kier molecular flexibility index (Phi) is 4.40. The van der Waals surface area contributed by atoms with Crippen molar-refractivity contribution in [1.29, 1.82) is 0 Å². The summed E-state index contributed by atoms with van der Waals surface area (Å²) in [7, 11) is 3.34. The Morgan fingerprint density at radius 2 is 1.66 bits per heavy atom. The smallest absolute Gasteiger partial charge is 0.161 e. The lowest BCUT2D eigenvalue weighted by Crippen LogP contribution is -2.45. The van der Waals surface area contributed by atoms with Gasteiger partial charge in [0.1, 0.15) is 12.0 Å². The van der Waals surface area contributed by atoms with E-state index in [1.54, 1.807) is 14.2 Å². The van der Waals surface area contributed by atoms with Gasteiger partial charge in [0.05, 0.1) is 20.3 Å². The second-order valence-electron chi connectivity index (χ2n) is 7.48. The number of rotatable bonds is 3. The van der Waals surface area contributed by atoms with Crippen molar-refractivity contribution in [3.8, 4) is 11.5 Å². The highest BCUT2D eigenvalue weighted by molar-refractivity contribution is 5.61. The molecule has 2 aliphatic heterocycles. The lowest BCUT2D eigenvalue weighted by Gasteiger charge is -2.47. The maximum Gasteiger partial charge on any atom is 0.161 e. The zero-order chi connectivity index (χ0) is 20.0. The molecule has 2 heterocycles. The molecule has 29 heavy (non-hydrogen) atoms. The highest BCUT2D eigenvalue weighted by Gasteiger charge is 2.39. The van der Waals surface area contributed by atoms with Gasteiger partial charge in [-0.3, -0.25) is 4.90 Å². The van der Waals surface area contributed by atoms with Crippen LogP contribution in [0.5, 0.6) is 11.5 Å². The SMILES string of the molecule is COc1cc2c(cc1OC)[C@@H]1c3ccccc3N[C@H](c3ccc(F)cc3)N1CC2. The van der Waals surface area contributed by atoms with Gasteiger partial charge in [0.15, 0.2) is 11.5 Å². The normalized spacial score (nSPS) is 20.1. The number of hydrogen-bond acceptors (Lipinski definition) is 4. The first kappa shape index (κ1) is 18.0. The lowest BCUT2D eigenvalue weighted by molar-refractivity contribution is 0.153. The fourth-order valence-corrected chi connectivity index (χ4v) is 4.61. The number of methoxy groups -OCH3 is 2. The van der Waals surface area contributed by atoms with E-state index in [1.807, 2.05) is 18.2 Å². The molecule has 5 rings (SSSR count). The third-order valence-electron chi connectivity index (χ3n) is 5.98. The van der Waals surface area contributed by atoms with Gasteiger partial charge < -0.3 is 14.8 Å². The second-order valence-corrected chi connectivity index (χ2v) is 7.48. The highest BCUT2D eigenvalue weighted by Crippen LogP contribution is 2.48. The maximum atomic E-state index is 13.5. The van der Waals surface area contributed by atoms with E-state index in [1.165, 1.54) is 28.8 Å². The van der Waals surface area contributed by atoms with Gasteiger partial charge in [-0.05, 0) is 59.0 Å². The summed E-state index contributed by atoms with van der Waals surface area (Å²) in [6, 6.07) is 19.5. The monoisotopic (exact) mass is 390 g/mol. The number of hydrogen-bond donors (Lipinski definition) is 1. The van der Waals surface area contributed by atoms with Crippen molar-refractivity contribution in [1.82, 2.24) is 4.90 Å². The van der Waals surface area contributed by atoms with Crippen LogP contribution in [-0.4, -0.2) is 25.7 Å². The average Bonchev–Trinajstić information content (AvgIpc) is 2.77. The number of benzene rings is 3. The van der Waals surface area contributed by atoms with Crippen molar-refractivity contribution < 1.29 is 13.9 Å². The molecule has 0 spiro atoms. The molecule has 0 fully saturated rings. The molecule has 0 radical (unpaired) electrons. The van der Waals surface area contributed by atoms with Crippen LogP contribution in [0.2, 0.25) is 0 Å². The third-order valence-corrected chi connectivity index (χ3v) is 5.98. The standard InChI is InChI=1S/C24H23FN2O2/c1-28-21-13-16-11-12-27-23(19(16)14-22(21)29-2)18-5-3-4-6-20(18)26-24(27)15-7-9-17(25)10-8-15/h3-10,13-14,23-24,26H,11-12H2,1-2H3/t23-,24-/m0/s1. The van der Waals surface area contributed by atoms with E-state index in [0.717, 1.165) is 35.7 Å². The van der Waals surface area contributed by atoms with Gasteiger partial charge in [-0.15, -0.1) is 0 Å². The van der Waals surface area contributed by atoms with Crippen LogP contribution in [0.1, 0.15) is 34.5 Å². The number of fused-ring (bicyclic) bond motifs is 5. The first-order valence-corrected chi connectivity index (χ1v) is 9.81. The average molecular weight is 390 g/mol. The second kappa shape index (κ2) is 7.08. The molecule has 148 valence electrons. The van der Waals surface area contributed by atoms with Gasteiger partial charge in [0.25, 0.3) is 0 Å². The molecule has 0 aromatic heterocycles. The van der Waals surface area contributed by atoms with Gasteiger partial charge in [0, 0.05) is 12.2 Å². The predicted molar refractivity (Wildman–Crippen MR) is 111 cm³/mol. The first-order valence-electron chi connectivity index (χ1n) is 9.81. The highest BCUT2D eigenvalue weighted by atomic mass is 19.1. The molecular formula is C24H23FN2O2. The van der Waals surface area contributed by atoms with Crippen LogP contribution in [0.3, 0.4) is 0 Å². The van der Waals surface area contributed by atoms with E-state index in [-0.39, 0.29) is 18.0 Å². The summed E-state index contributed by atoms with van der Waals surface area (Å²) >= 11 is 0. The minimum Gasteiger partial charge on any atom is -0.493 e. The fourth-order valence-electron chi connectivity index (χ4n) is 4.61. The summed E-state index contributed by atoms with van der Waals surface area (Å²) in [6.07, 6.45) is 0.880. The largest absolute Gasteiger partial charge is 0.493 e. The molecule has 4 nitrogen and oxygen atoms in total. The number of anilines is 1. The fraction of sp³-hybridized carbons (Fsp3) is 0.250. The quantitative estimate of drug-likeness (QED) is 0.689.